The second kappa shape index (κ2) is 9.96. The number of carbonyl (C=O) groups excluding carboxylic acids is 2. The number of hydrogen-bond acceptors (Lipinski definition) is 5. The minimum Gasteiger partial charge on any atom is -0.497 e. The predicted molar refractivity (Wildman–Crippen MR) is 115 cm³/mol. The van der Waals surface area contributed by atoms with Gasteiger partial charge >= 0.3 is 11.9 Å². The molecule has 6 nitrogen and oxygen atoms in total. The van der Waals surface area contributed by atoms with Gasteiger partial charge in [-0.1, -0.05) is 30.3 Å². The van der Waals surface area contributed by atoms with Gasteiger partial charge in [-0.2, -0.15) is 0 Å². The van der Waals surface area contributed by atoms with Crippen molar-refractivity contribution in [3.8, 4) is 5.75 Å². The zero-order valence-electron chi connectivity index (χ0n) is 17.6. The molecule has 0 spiro atoms. The van der Waals surface area contributed by atoms with Crippen LogP contribution in [-0.2, 0) is 33.7 Å². The molecule has 0 aliphatic rings. The molecule has 0 unspecified atom stereocenters. The van der Waals surface area contributed by atoms with Crippen LogP contribution in [0.3, 0.4) is 0 Å². The number of hydrogen-bond donors (Lipinski definition) is 0. The fraction of sp³-hybridized carbons (Fsp3) is 0.333. The highest BCUT2D eigenvalue weighted by molar-refractivity contribution is 6.07. The third-order valence-electron chi connectivity index (χ3n) is 4.94. The van der Waals surface area contributed by atoms with E-state index in [9.17, 15) is 9.59 Å². The topological polar surface area (TPSA) is 66.8 Å². The number of nitrogens with zero attached hydrogens (tertiary/aromatic N) is 1. The molecule has 1 aromatic heterocycles. The summed E-state index contributed by atoms with van der Waals surface area (Å²) < 4.78 is 17.9. The third kappa shape index (κ3) is 4.64. The van der Waals surface area contributed by atoms with Gasteiger partial charge in [-0.15, -0.1) is 0 Å². The van der Waals surface area contributed by atoms with Crippen molar-refractivity contribution in [2.45, 2.75) is 33.2 Å². The average Bonchev–Trinajstić information content (AvgIpc) is 3.05. The lowest BCUT2D eigenvalue weighted by Gasteiger charge is -2.12. The Hall–Kier alpha value is -3.28. The highest BCUT2D eigenvalue weighted by atomic mass is 16.5. The Labute approximate surface area is 176 Å². The molecule has 6 heteroatoms. The second-order valence-electron chi connectivity index (χ2n) is 6.79. The summed E-state index contributed by atoms with van der Waals surface area (Å²) in [6.07, 6.45) is 0.752. The van der Waals surface area contributed by atoms with Crippen LogP contribution in [0.25, 0.3) is 10.9 Å². The van der Waals surface area contributed by atoms with E-state index in [0.717, 1.165) is 11.9 Å². The van der Waals surface area contributed by atoms with Gasteiger partial charge in [0.2, 0.25) is 0 Å². The highest BCUT2D eigenvalue weighted by Crippen LogP contribution is 2.31. The van der Waals surface area contributed by atoms with E-state index in [1.54, 1.807) is 21.0 Å². The van der Waals surface area contributed by atoms with Gasteiger partial charge in [0.15, 0.2) is 0 Å². The summed E-state index contributed by atoms with van der Waals surface area (Å²) in [5.74, 6) is -0.191. The van der Waals surface area contributed by atoms with Gasteiger partial charge in [-0.25, -0.2) is 4.79 Å². The number of aromatic nitrogens is 1. The van der Waals surface area contributed by atoms with Crippen LogP contribution in [0.1, 0.15) is 35.5 Å². The lowest BCUT2D eigenvalue weighted by Crippen LogP contribution is -2.16. The molecule has 3 aromatic rings. The molecule has 3 rings (SSSR count). The number of fused-ring (bicyclic) bond motifs is 1. The number of benzene rings is 2. The van der Waals surface area contributed by atoms with Gasteiger partial charge in [0.05, 0.1) is 32.3 Å². The minimum atomic E-state index is -0.450. The monoisotopic (exact) mass is 409 g/mol. The highest BCUT2D eigenvalue weighted by Gasteiger charge is 2.26. The van der Waals surface area contributed by atoms with Crippen molar-refractivity contribution >= 4 is 22.8 Å². The van der Waals surface area contributed by atoms with Gasteiger partial charge in [-0.05, 0) is 44.0 Å². The molecular weight excluding hydrogens is 382 g/mol. The molecule has 0 aliphatic heterocycles. The molecular formula is C24H27NO5. The van der Waals surface area contributed by atoms with E-state index in [4.69, 9.17) is 14.2 Å². The number of esters is 2. The fourth-order valence-corrected chi connectivity index (χ4v) is 3.62. The van der Waals surface area contributed by atoms with E-state index >= 15 is 0 Å². The SMILES string of the molecule is CCOC(=O)Cc1c(C(=O)OCC)c2cc(OC)ccc2n1CCc1ccccc1. The first-order valence-electron chi connectivity index (χ1n) is 10.1. The molecule has 0 saturated carbocycles. The van der Waals surface area contributed by atoms with Crippen LogP contribution in [0.2, 0.25) is 0 Å². The van der Waals surface area contributed by atoms with Crippen LogP contribution >= 0.6 is 0 Å². The number of aryl methyl sites for hydroxylation is 2. The van der Waals surface area contributed by atoms with Crippen molar-refractivity contribution < 1.29 is 23.8 Å². The Morgan fingerprint density at radius 2 is 1.70 bits per heavy atom. The summed E-state index contributed by atoms with van der Waals surface area (Å²) in [6.45, 7) is 4.67. The van der Waals surface area contributed by atoms with Crippen molar-refractivity contribution in [3.63, 3.8) is 0 Å². The van der Waals surface area contributed by atoms with Crippen LogP contribution in [0.4, 0.5) is 0 Å². The van der Waals surface area contributed by atoms with E-state index in [2.05, 4.69) is 12.1 Å². The average molecular weight is 409 g/mol. The molecule has 0 bridgehead atoms. The molecule has 0 N–H and O–H groups in total. The lowest BCUT2D eigenvalue weighted by molar-refractivity contribution is -0.142. The fourth-order valence-electron chi connectivity index (χ4n) is 3.62. The maximum atomic E-state index is 12.9. The molecule has 0 amide bonds. The van der Waals surface area contributed by atoms with E-state index in [-0.39, 0.29) is 25.6 Å². The zero-order chi connectivity index (χ0) is 21.5. The minimum absolute atomic E-state index is 0.00618. The van der Waals surface area contributed by atoms with Crippen LogP contribution in [0.5, 0.6) is 5.75 Å². The first kappa shape index (κ1) is 21.4. The third-order valence-corrected chi connectivity index (χ3v) is 4.94. The number of ether oxygens (including phenoxy) is 3. The van der Waals surface area contributed by atoms with Gasteiger partial charge in [0.25, 0.3) is 0 Å². The molecule has 158 valence electrons. The van der Waals surface area contributed by atoms with Crippen molar-refractivity contribution in [3.05, 3.63) is 65.4 Å². The van der Waals surface area contributed by atoms with Gasteiger partial charge < -0.3 is 18.8 Å². The first-order chi connectivity index (χ1) is 14.6. The zero-order valence-corrected chi connectivity index (χ0v) is 17.6. The Morgan fingerprint density at radius 3 is 2.37 bits per heavy atom. The van der Waals surface area contributed by atoms with Crippen LogP contribution in [-0.4, -0.2) is 36.8 Å². The summed E-state index contributed by atoms with van der Waals surface area (Å²) in [5.41, 5.74) is 3.03. The van der Waals surface area contributed by atoms with Crippen LogP contribution in [0, 0.1) is 0 Å². The molecule has 0 fully saturated rings. The van der Waals surface area contributed by atoms with Crippen LogP contribution < -0.4 is 4.74 Å². The number of methoxy groups -OCH3 is 1. The summed E-state index contributed by atoms with van der Waals surface area (Å²) in [4.78, 5) is 25.2. The van der Waals surface area contributed by atoms with Crippen molar-refractivity contribution in [1.29, 1.82) is 0 Å². The normalized spacial score (nSPS) is 10.8. The molecule has 0 aliphatic carbocycles. The molecule has 1 heterocycles. The van der Waals surface area contributed by atoms with Crippen LogP contribution in [0.15, 0.2) is 48.5 Å². The van der Waals surface area contributed by atoms with E-state index < -0.39 is 5.97 Å². The molecule has 30 heavy (non-hydrogen) atoms. The van der Waals surface area contributed by atoms with Crippen molar-refractivity contribution in [1.82, 2.24) is 4.57 Å². The predicted octanol–water partition coefficient (Wildman–Crippen LogP) is 4.17. The Morgan fingerprint density at radius 1 is 0.967 bits per heavy atom. The number of carbonyl (C=O) groups is 2. The quantitative estimate of drug-likeness (QED) is 0.496. The Kier molecular flexibility index (Phi) is 7.12. The second-order valence-corrected chi connectivity index (χ2v) is 6.79. The smallest absolute Gasteiger partial charge is 0.340 e. The lowest BCUT2D eigenvalue weighted by atomic mass is 10.1. The largest absolute Gasteiger partial charge is 0.497 e. The number of rotatable bonds is 9. The molecule has 0 radical (unpaired) electrons. The van der Waals surface area contributed by atoms with Crippen molar-refractivity contribution in [2.24, 2.45) is 0 Å². The van der Waals surface area contributed by atoms with E-state index in [0.29, 0.717) is 28.9 Å². The Bertz CT molecular complexity index is 1020. The summed E-state index contributed by atoms with van der Waals surface area (Å²) in [7, 11) is 1.58. The van der Waals surface area contributed by atoms with E-state index in [1.165, 1.54) is 5.56 Å². The first-order valence-corrected chi connectivity index (χ1v) is 10.1. The van der Waals surface area contributed by atoms with Crippen molar-refractivity contribution in [2.75, 3.05) is 20.3 Å². The standard InChI is InChI=1S/C24H27NO5/c1-4-29-22(26)16-21-23(24(27)30-5-2)19-15-18(28-3)11-12-20(19)25(21)14-13-17-9-7-6-8-10-17/h6-12,15H,4-5,13-14,16H2,1-3H3. The van der Waals surface area contributed by atoms with E-state index in [1.807, 2.05) is 41.0 Å². The summed E-state index contributed by atoms with van der Waals surface area (Å²) in [6, 6.07) is 15.7. The maximum Gasteiger partial charge on any atom is 0.340 e. The molecule has 0 atom stereocenters. The molecule has 2 aromatic carbocycles. The Balaban J connectivity index is 2.14. The van der Waals surface area contributed by atoms with Gasteiger partial charge in [0.1, 0.15) is 5.75 Å². The van der Waals surface area contributed by atoms with Gasteiger partial charge in [-0.3, -0.25) is 4.79 Å². The molecule has 0 saturated heterocycles. The van der Waals surface area contributed by atoms with Gasteiger partial charge in [0, 0.05) is 23.1 Å². The summed E-state index contributed by atoms with van der Waals surface area (Å²) >= 11 is 0. The summed E-state index contributed by atoms with van der Waals surface area (Å²) in [5, 5.41) is 0.708. The maximum absolute atomic E-state index is 12.9.